The maximum atomic E-state index is 12.9. The summed E-state index contributed by atoms with van der Waals surface area (Å²) in [6.07, 6.45) is 0. The number of carbonyl (C=O) groups excluding carboxylic acids is 1. The molecule has 0 unspecified atom stereocenters. The molecule has 2 N–H and O–H groups in total. The van der Waals surface area contributed by atoms with E-state index < -0.39 is 6.04 Å². The van der Waals surface area contributed by atoms with Gasteiger partial charge in [0.1, 0.15) is 11.9 Å². The Bertz CT molecular complexity index is 436. The highest BCUT2D eigenvalue weighted by atomic mass is 19.1. The molecule has 0 aromatic heterocycles. The van der Waals surface area contributed by atoms with Crippen LogP contribution in [0.5, 0.6) is 0 Å². The molecule has 0 saturated carbocycles. The van der Waals surface area contributed by atoms with Crippen LogP contribution in [-0.2, 0) is 4.79 Å². The van der Waals surface area contributed by atoms with Crippen LogP contribution < -0.4 is 5.73 Å². The van der Waals surface area contributed by atoms with E-state index in [-0.39, 0.29) is 23.3 Å². The predicted octanol–water partition coefficient (Wildman–Crippen LogP) is 1.83. The fourth-order valence-corrected chi connectivity index (χ4v) is 2.28. The summed E-state index contributed by atoms with van der Waals surface area (Å²) in [6, 6.07) is 5.50. The van der Waals surface area contributed by atoms with E-state index in [4.69, 9.17) is 5.73 Å². The molecule has 0 spiro atoms. The van der Waals surface area contributed by atoms with Gasteiger partial charge < -0.3 is 10.6 Å². The molecule has 1 saturated heterocycles. The Morgan fingerprint density at radius 2 is 1.76 bits per heavy atom. The Hall–Kier alpha value is -1.42. The number of rotatable bonds is 1. The molecule has 17 heavy (non-hydrogen) atoms. The Morgan fingerprint density at radius 1 is 1.24 bits per heavy atom. The summed E-state index contributed by atoms with van der Waals surface area (Å²) in [7, 11) is 0. The lowest BCUT2D eigenvalue weighted by Gasteiger charge is -2.52. The standard InChI is InChI=1S/C13H17FN2O/c1-13(2,3)16-11(10(15)12(16)17)8-4-6-9(14)7-5-8/h4-7,10-11H,15H2,1-3H3/t10-,11-/m0/s1. The van der Waals surface area contributed by atoms with Gasteiger partial charge in [-0.05, 0) is 38.5 Å². The van der Waals surface area contributed by atoms with E-state index >= 15 is 0 Å². The van der Waals surface area contributed by atoms with Crippen molar-refractivity contribution in [1.82, 2.24) is 4.90 Å². The molecular formula is C13H17FN2O. The van der Waals surface area contributed by atoms with Crippen molar-refractivity contribution in [3.63, 3.8) is 0 Å². The molecule has 3 nitrogen and oxygen atoms in total. The van der Waals surface area contributed by atoms with Gasteiger partial charge in [0.2, 0.25) is 5.91 Å². The molecule has 0 aliphatic carbocycles. The maximum Gasteiger partial charge on any atom is 0.243 e. The van der Waals surface area contributed by atoms with Crippen molar-refractivity contribution in [2.45, 2.75) is 38.4 Å². The number of nitrogens with zero attached hydrogens (tertiary/aromatic N) is 1. The molecule has 1 aromatic rings. The summed E-state index contributed by atoms with van der Waals surface area (Å²) >= 11 is 0. The van der Waals surface area contributed by atoms with E-state index in [1.165, 1.54) is 12.1 Å². The van der Waals surface area contributed by atoms with Gasteiger partial charge in [-0.2, -0.15) is 0 Å². The van der Waals surface area contributed by atoms with Gasteiger partial charge in [0.05, 0.1) is 6.04 Å². The van der Waals surface area contributed by atoms with Gasteiger partial charge >= 0.3 is 0 Å². The van der Waals surface area contributed by atoms with Crippen LogP contribution in [0.1, 0.15) is 32.4 Å². The first-order valence-corrected chi connectivity index (χ1v) is 5.66. The fourth-order valence-electron chi connectivity index (χ4n) is 2.28. The van der Waals surface area contributed by atoms with Crippen LogP contribution in [0.4, 0.5) is 4.39 Å². The molecule has 1 amide bonds. The molecule has 1 aliphatic heterocycles. The van der Waals surface area contributed by atoms with Gasteiger partial charge in [-0.1, -0.05) is 12.1 Å². The second-order valence-electron chi connectivity index (χ2n) is 5.40. The molecule has 2 atom stereocenters. The van der Waals surface area contributed by atoms with Gasteiger partial charge in [-0.15, -0.1) is 0 Å². The molecule has 1 aliphatic rings. The number of likely N-dealkylation sites (tertiary alicyclic amines) is 1. The Morgan fingerprint density at radius 3 is 2.24 bits per heavy atom. The highest BCUT2D eigenvalue weighted by Gasteiger charge is 2.50. The number of nitrogens with two attached hydrogens (primary N) is 1. The monoisotopic (exact) mass is 236 g/mol. The Kier molecular flexibility index (Phi) is 2.70. The summed E-state index contributed by atoms with van der Waals surface area (Å²) < 4.78 is 12.9. The number of halogens is 1. The van der Waals surface area contributed by atoms with E-state index in [0.29, 0.717) is 0 Å². The largest absolute Gasteiger partial charge is 0.327 e. The Balaban J connectivity index is 2.31. The van der Waals surface area contributed by atoms with Gasteiger partial charge in [0, 0.05) is 5.54 Å². The van der Waals surface area contributed by atoms with Crippen LogP contribution in [0.3, 0.4) is 0 Å². The minimum absolute atomic E-state index is 0.0492. The third-order valence-electron chi connectivity index (χ3n) is 3.08. The first-order valence-electron chi connectivity index (χ1n) is 5.66. The van der Waals surface area contributed by atoms with E-state index in [9.17, 15) is 9.18 Å². The first-order chi connectivity index (χ1) is 7.82. The summed E-state index contributed by atoms with van der Waals surface area (Å²) in [6.45, 7) is 5.90. The average Bonchev–Trinajstić information content (AvgIpc) is 2.24. The van der Waals surface area contributed by atoms with Crippen LogP contribution in [0.15, 0.2) is 24.3 Å². The lowest BCUT2D eigenvalue weighted by molar-refractivity contribution is -0.158. The number of hydrogen-bond donors (Lipinski definition) is 1. The quantitative estimate of drug-likeness (QED) is 0.756. The fraction of sp³-hybridized carbons (Fsp3) is 0.462. The van der Waals surface area contributed by atoms with E-state index in [2.05, 4.69) is 0 Å². The summed E-state index contributed by atoms with van der Waals surface area (Å²) in [5.41, 5.74) is 6.45. The van der Waals surface area contributed by atoms with Crippen LogP contribution in [-0.4, -0.2) is 22.4 Å². The van der Waals surface area contributed by atoms with Crippen LogP contribution >= 0.6 is 0 Å². The second-order valence-corrected chi connectivity index (χ2v) is 5.40. The van der Waals surface area contributed by atoms with E-state index in [1.54, 1.807) is 17.0 Å². The lowest BCUT2D eigenvalue weighted by Crippen LogP contribution is -2.68. The van der Waals surface area contributed by atoms with Crippen LogP contribution in [0.25, 0.3) is 0 Å². The van der Waals surface area contributed by atoms with Gasteiger partial charge in [0.25, 0.3) is 0 Å². The number of amides is 1. The van der Waals surface area contributed by atoms with Crippen LogP contribution in [0.2, 0.25) is 0 Å². The van der Waals surface area contributed by atoms with Crippen molar-refractivity contribution in [2.24, 2.45) is 5.73 Å². The zero-order chi connectivity index (χ0) is 12.8. The van der Waals surface area contributed by atoms with Crippen molar-refractivity contribution < 1.29 is 9.18 Å². The molecule has 0 radical (unpaired) electrons. The zero-order valence-electron chi connectivity index (χ0n) is 10.3. The van der Waals surface area contributed by atoms with Gasteiger partial charge in [-0.25, -0.2) is 4.39 Å². The third-order valence-corrected chi connectivity index (χ3v) is 3.08. The van der Waals surface area contributed by atoms with E-state index in [1.807, 2.05) is 20.8 Å². The second kappa shape index (κ2) is 3.81. The highest BCUT2D eigenvalue weighted by molar-refractivity contribution is 5.90. The molecule has 2 rings (SSSR count). The molecule has 0 bridgehead atoms. The van der Waals surface area contributed by atoms with Crippen molar-refractivity contribution in [3.05, 3.63) is 35.6 Å². The highest BCUT2D eigenvalue weighted by Crippen LogP contribution is 2.39. The molecule has 1 fully saturated rings. The molecular weight excluding hydrogens is 219 g/mol. The molecule has 92 valence electrons. The van der Waals surface area contributed by atoms with Crippen molar-refractivity contribution in [2.75, 3.05) is 0 Å². The van der Waals surface area contributed by atoms with Gasteiger partial charge in [0.15, 0.2) is 0 Å². The molecule has 1 heterocycles. The summed E-state index contributed by atoms with van der Waals surface area (Å²) in [4.78, 5) is 13.5. The predicted molar refractivity (Wildman–Crippen MR) is 63.7 cm³/mol. The van der Waals surface area contributed by atoms with Crippen molar-refractivity contribution in [1.29, 1.82) is 0 Å². The third kappa shape index (κ3) is 1.93. The molecule has 1 aromatic carbocycles. The smallest absolute Gasteiger partial charge is 0.243 e. The summed E-state index contributed by atoms with van der Waals surface area (Å²) in [5.74, 6) is -0.331. The van der Waals surface area contributed by atoms with Crippen LogP contribution in [0, 0.1) is 5.82 Å². The number of benzene rings is 1. The van der Waals surface area contributed by atoms with Crippen molar-refractivity contribution in [3.8, 4) is 0 Å². The first kappa shape index (κ1) is 12.0. The minimum Gasteiger partial charge on any atom is -0.327 e. The topological polar surface area (TPSA) is 46.3 Å². The van der Waals surface area contributed by atoms with Gasteiger partial charge in [-0.3, -0.25) is 4.79 Å². The summed E-state index contributed by atoms with van der Waals surface area (Å²) in [5, 5.41) is 0. The SMILES string of the molecule is CC(C)(C)N1C(=O)[C@@H](N)[C@@H]1c1ccc(F)cc1. The average molecular weight is 236 g/mol. The van der Waals surface area contributed by atoms with E-state index in [0.717, 1.165) is 5.56 Å². The number of hydrogen-bond acceptors (Lipinski definition) is 2. The number of β-lactam (4-membered cyclic amide) rings is 1. The number of carbonyl (C=O) groups is 1. The minimum atomic E-state index is -0.514. The zero-order valence-corrected chi connectivity index (χ0v) is 10.3. The lowest BCUT2D eigenvalue weighted by atomic mass is 9.84. The normalized spacial score (nSPS) is 24.8. The van der Waals surface area contributed by atoms with Crippen molar-refractivity contribution >= 4 is 5.91 Å². The molecule has 4 heteroatoms. The maximum absolute atomic E-state index is 12.9. The Labute approximate surface area is 100 Å².